The number of hydrogen-bond donors (Lipinski definition) is 2. The van der Waals surface area contributed by atoms with Gasteiger partial charge in [0.15, 0.2) is 0 Å². The average molecular weight is 239 g/mol. The molecule has 3 N–H and O–H groups in total. The molecule has 0 fully saturated rings. The number of nitrogens with zero attached hydrogens (tertiary/aromatic N) is 3. The minimum atomic E-state index is -0.0746. The van der Waals surface area contributed by atoms with Crippen molar-refractivity contribution < 1.29 is 0 Å². The minimum Gasteiger partial charge on any atom is -0.302 e. The van der Waals surface area contributed by atoms with Crippen LogP contribution in [-0.2, 0) is 6.54 Å². The van der Waals surface area contributed by atoms with Gasteiger partial charge in [-0.15, -0.1) is 0 Å². The number of aryl methyl sites for hydroxylation is 1. The quantitative estimate of drug-likeness (QED) is 0.577. The molecule has 0 spiro atoms. The maximum absolute atomic E-state index is 5.70. The van der Waals surface area contributed by atoms with E-state index in [1.165, 1.54) is 0 Å². The third-order valence-electron chi connectivity index (χ3n) is 3.46. The maximum atomic E-state index is 5.70. The number of hydrazine groups is 1. The first kappa shape index (κ1) is 14.2. The van der Waals surface area contributed by atoms with E-state index in [0.717, 1.165) is 18.5 Å². The summed E-state index contributed by atoms with van der Waals surface area (Å²) in [6, 6.07) is 0.0584. The molecule has 17 heavy (non-hydrogen) atoms. The van der Waals surface area contributed by atoms with Crippen LogP contribution in [0.3, 0.4) is 0 Å². The minimum absolute atomic E-state index is 0.0584. The molecule has 1 aromatic heterocycles. The molecule has 5 heteroatoms. The molecule has 0 radical (unpaired) electrons. The van der Waals surface area contributed by atoms with Gasteiger partial charge in [-0.1, -0.05) is 6.92 Å². The molecular weight excluding hydrogens is 214 g/mol. The van der Waals surface area contributed by atoms with Crippen molar-refractivity contribution in [2.45, 2.75) is 45.3 Å². The third kappa shape index (κ3) is 3.06. The first-order chi connectivity index (χ1) is 7.93. The lowest BCUT2D eigenvalue weighted by Crippen LogP contribution is -2.51. The largest absolute Gasteiger partial charge is 0.302 e. The molecule has 1 rings (SSSR count). The van der Waals surface area contributed by atoms with Gasteiger partial charge in [0, 0.05) is 23.8 Å². The fourth-order valence-electron chi connectivity index (χ4n) is 1.85. The number of nitrogens with one attached hydrogen (secondary N) is 1. The molecule has 0 saturated heterocycles. The van der Waals surface area contributed by atoms with Gasteiger partial charge in [0.05, 0.1) is 12.2 Å². The number of aromatic nitrogens is 2. The van der Waals surface area contributed by atoms with Crippen LogP contribution in [-0.4, -0.2) is 34.3 Å². The van der Waals surface area contributed by atoms with E-state index in [2.05, 4.69) is 56.5 Å². The summed E-state index contributed by atoms with van der Waals surface area (Å²) in [6.45, 7) is 7.41. The Kier molecular flexibility index (Phi) is 4.68. The Morgan fingerprint density at radius 1 is 1.53 bits per heavy atom. The molecule has 0 aliphatic carbocycles. The zero-order chi connectivity index (χ0) is 13.1. The summed E-state index contributed by atoms with van der Waals surface area (Å²) < 4.78 is 1.96. The molecule has 0 saturated carbocycles. The van der Waals surface area contributed by atoms with Crippen LogP contribution in [0, 0.1) is 0 Å². The van der Waals surface area contributed by atoms with Gasteiger partial charge < -0.3 is 4.90 Å². The molecule has 0 aromatic carbocycles. The highest BCUT2D eigenvalue weighted by Crippen LogP contribution is 2.28. The lowest BCUT2D eigenvalue weighted by Gasteiger charge is -2.39. The monoisotopic (exact) mass is 239 g/mol. The SMILES string of the molecule is CCCn1cc(C(NN)C(C)(C)N(C)C)cn1. The van der Waals surface area contributed by atoms with Crippen molar-refractivity contribution >= 4 is 0 Å². The van der Waals surface area contributed by atoms with E-state index in [1.54, 1.807) is 0 Å². The number of likely N-dealkylation sites (N-methyl/N-ethyl adjacent to an activating group) is 1. The third-order valence-corrected chi connectivity index (χ3v) is 3.46. The highest BCUT2D eigenvalue weighted by Gasteiger charge is 2.32. The zero-order valence-corrected chi connectivity index (χ0v) is 11.6. The molecule has 1 atom stereocenters. The van der Waals surface area contributed by atoms with Crippen LogP contribution in [0.2, 0.25) is 0 Å². The molecule has 0 bridgehead atoms. The van der Waals surface area contributed by atoms with Crippen LogP contribution in [0.15, 0.2) is 12.4 Å². The van der Waals surface area contributed by atoms with Gasteiger partial charge in [-0.3, -0.25) is 16.0 Å². The highest BCUT2D eigenvalue weighted by atomic mass is 15.3. The second kappa shape index (κ2) is 5.62. The standard InChI is InChI=1S/C12H25N5/c1-6-7-17-9-10(8-14-17)11(15-13)12(2,3)16(4)5/h8-9,11,15H,6-7,13H2,1-5H3. The average Bonchev–Trinajstić information content (AvgIpc) is 2.67. The highest BCUT2D eigenvalue weighted by molar-refractivity contribution is 5.16. The normalized spacial score (nSPS) is 14.3. The summed E-state index contributed by atoms with van der Waals surface area (Å²) in [6.07, 6.45) is 5.05. The van der Waals surface area contributed by atoms with Crippen LogP contribution < -0.4 is 11.3 Å². The summed E-state index contributed by atoms with van der Waals surface area (Å²) >= 11 is 0. The predicted molar refractivity (Wildman–Crippen MR) is 70.3 cm³/mol. The van der Waals surface area contributed by atoms with Gasteiger partial charge in [-0.05, 0) is 34.4 Å². The smallest absolute Gasteiger partial charge is 0.0669 e. The molecular formula is C12H25N5. The molecule has 1 heterocycles. The Bertz CT molecular complexity index is 342. The van der Waals surface area contributed by atoms with Gasteiger partial charge in [-0.2, -0.15) is 5.10 Å². The van der Waals surface area contributed by atoms with Crippen molar-refractivity contribution in [3.8, 4) is 0 Å². The van der Waals surface area contributed by atoms with E-state index in [0.29, 0.717) is 0 Å². The van der Waals surface area contributed by atoms with Gasteiger partial charge in [0.25, 0.3) is 0 Å². The summed E-state index contributed by atoms with van der Waals surface area (Å²) in [5, 5.41) is 4.35. The molecule has 1 aromatic rings. The number of hydrogen-bond acceptors (Lipinski definition) is 4. The van der Waals surface area contributed by atoms with Crippen LogP contribution in [0.25, 0.3) is 0 Å². The summed E-state index contributed by atoms with van der Waals surface area (Å²) in [5.41, 5.74) is 3.95. The summed E-state index contributed by atoms with van der Waals surface area (Å²) in [5.74, 6) is 5.70. The lowest BCUT2D eigenvalue weighted by molar-refractivity contribution is 0.138. The Hall–Kier alpha value is -0.910. The Morgan fingerprint density at radius 2 is 2.18 bits per heavy atom. The van der Waals surface area contributed by atoms with Gasteiger partial charge >= 0.3 is 0 Å². The van der Waals surface area contributed by atoms with Crippen molar-refractivity contribution in [2.24, 2.45) is 5.84 Å². The van der Waals surface area contributed by atoms with E-state index in [1.807, 2.05) is 10.9 Å². The topological polar surface area (TPSA) is 59.1 Å². The van der Waals surface area contributed by atoms with Crippen molar-refractivity contribution in [3.05, 3.63) is 18.0 Å². The molecule has 98 valence electrons. The van der Waals surface area contributed by atoms with E-state index in [4.69, 9.17) is 5.84 Å². The van der Waals surface area contributed by atoms with Crippen molar-refractivity contribution in [2.75, 3.05) is 14.1 Å². The van der Waals surface area contributed by atoms with E-state index >= 15 is 0 Å². The molecule has 0 aliphatic rings. The summed E-state index contributed by atoms with van der Waals surface area (Å²) in [7, 11) is 4.11. The first-order valence-electron chi connectivity index (χ1n) is 6.09. The first-order valence-corrected chi connectivity index (χ1v) is 6.09. The van der Waals surface area contributed by atoms with Crippen LogP contribution in [0.4, 0.5) is 0 Å². The van der Waals surface area contributed by atoms with Gasteiger partial charge in [0.2, 0.25) is 0 Å². The predicted octanol–water partition coefficient (Wildman–Crippen LogP) is 1.14. The van der Waals surface area contributed by atoms with Crippen LogP contribution >= 0.6 is 0 Å². The van der Waals surface area contributed by atoms with Crippen molar-refractivity contribution in [1.82, 2.24) is 20.1 Å². The zero-order valence-electron chi connectivity index (χ0n) is 11.6. The lowest BCUT2D eigenvalue weighted by atomic mass is 9.89. The Labute approximate surface area is 104 Å². The van der Waals surface area contributed by atoms with Gasteiger partial charge in [0.1, 0.15) is 0 Å². The second-order valence-electron chi connectivity index (χ2n) is 5.18. The van der Waals surface area contributed by atoms with E-state index in [9.17, 15) is 0 Å². The number of rotatable bonds is 6. The molecule has 0 amide bonds. The molecule has 5 nitrogen and oxygen atoms in total. The van der Waals surface area contributed by atoms with Crippen LogP contribution in [0.1, 0.15) is 38.8 Å². The molecule has 1 unspecified atom stereocenters. The van der Waals surface area contributed by atoms with Gasteiger partial charge in [-0.25, -0.2) is 0 Å². The maximum Gasteiger partial charge on any atom is 0.0669 e. The second-order valence-corrected chi connectivity index (χ2v) is 5.18. The fraction of sp³-hybridized carbons (Fsp3) is 0.750. The van der Waals surface area contributed by atoms with E-state index < -0.39 is 0 Å². The van der Waals surface area contributed by atoms with Crippen LogP contribution in [0.5, 0.6) is 0 Å². The molecule has 0 aliphatic heterocycles. The Morgan fingerprint density at radius 3 is 2.65 bits per heavy atom. The van der Waals surface area contributed by atoms with Crippen molar-refractivity contribution in [3.63, 3.8) is 0 Å². The Balaban J connectivity index is 2.93. The van der Waals surface area contributed by atoms with E-state index in [-0.39, 0.29) is 11.6 Å². The summed E-state index contributed by atoms with van der Waals surface area (Å²) in [4.78, 5) is 2.16. The number of nitrogens with two attached hydrogens (primary N) is 1. The fourth-order valence-corrected chi connectivity index (χ4v) is 1.85. The van der Waals surface area contributed by atoms with Crippen molar-refractivity contribution in [1.29, 1.82) is 0 Å².